The van der Waals surface area contributed by atoms with Gasteiger partial charge in [-0.05, 0) is 42.0 Å². The minimum Gasteiger partial charge on any atom is -0.497 e. The molecular weight excluding hydrogens is 368 g/mol. The Morgan fingerprint density at radius 2 is 1.67 bits per heavy atom. The van der Waals surface area contributed by atoms with Gasteiger partial charge in [-0.25, -0.2) is 8.42 Å². The average Bonchev–Trinajstić information content (AvgIpc) is 2.68. The summed E-state index contributed by atoms with van der Waals surface area (Å²) in [6, 6.07) is 13.1. The average molecular weight is 392 g/mol. The largest absolute Gasteiger partial charge is 0.497 e. The lowest BCUT2D eigenvalue weighted by molar-refractivity contribution is 0.0937. The summed E-state index contributed by atoms with van der Waals surface area (Å²) in [5, 5.41) is 2.73. The first kappa shape index (κ1) is 20.9. The van der Waals surface area contributed by atoms with E-state index in [1.165, 1.54) is 30.6 Å². The summed E-state index contributed by atoms with van der Waals surface area (Å²) in [5.74, 6) is 0.397. The molecule has 1 amide bonds. The zero-order chi connectivity index (χ0) is 19.9. The van der Waals surface area contributed by atoms with Crippen LogP contribution in [0.1, 0.15) is 15.9 Å². The summed E-state index contributed by atoms with van der Waals surface area (Å²) in [7, 11) is 0.992. The number of rotatable bonds is 9. The number of methoxy groups -OCH3 is 2. The number of nitrogens with one attached hydrogen (secondary N) is 1. The Bertz CT molecular complexity index is 849. The molecule has 0 aliphatic rings. The lowest BCUT2D eigenvalue weighted by Gasteiger charge is -2.17. The Balaban J connectivity index is 2.03. The summed E-state index contributed by atoms with van der Waals surface area (Å²) in [4.78, 5) is 12.2. The molecule has 0 aromatic heterocycles. The molecule has 7 nitrogen and oxygen atoms in total. The zero-order valence-electron chi connectivity index (χ0n) is 15.6. The van der Waals surface area contributed by atoms with Crippen molar-refractivity contribution in [2.45, 2.75) is 11.4 Å². The maximum absolute atomic E-state index is 12.7. The highest BCUT2D eigenvalue weighted by Crippen LogP contribution is 2.20. The van der Waals surface area contributed by atoms with Crippen molar-refractivity contribution in [2.75, 3.05) is 34.4 Å². The van der Waals surface area contributed by atoms with Crippen LogP contribution in [0.4, 0.5) is 0 Å². The standard InChI is InChI=1S/C19H24N2O5S/c1-21(27(23,24)18-10-8-17(26-3)9-11-18)14-15-4-6-16(7-5-15)19(22)20-12-13-25-2/h4-11H,12-14H2,1-3H3,(H,20,22). The minimum atomic E-state index is -3.62. The van der Waals surface area contributed by atoms with E-state index in [1.807, 2.05) is 0 Å². The molecule has 0 spiro atoms. The third-order valence-corrected chi connectivity index (χ3v) is 5.80. The molecule has 0 unspecified atom stereocenters. The van der Waals surface area contributed by atoms with Crippen LogP contribution in [-0.4, -0.2) is 53.0 Å². The van der Waals surface area contributed by atoms with Gasteiger partial charge in [-0.1, -0.05) is 12.1 Å². The summed E-state index contributed by atoms with van der Waals surface area (Å²) in [5.41, 5.74) is 1.29. The summed E-state index contributed by atoms with van der Waals surface area (Å²) in [6.07, 6.45) is 0. The molecule has 2 aromatic rings. The molecule has 0 bridgehead atoms. The van der Waals surface area contributed by atoms with Gasteiger partial charge in [0.25, 0.3) is 5.91 Å². The first-order valence-corrected chi connectivity index (χ1v) is 9.79. The molecular formula is C19H24N2O5S. The fraction of sp³-hybridized carbons (Fsp3) is 0.316. The molecule has 146 valence electrons. The lowest BCUT2D eigenvalue weighted by Crippen LogP contribution is -2.27. The van der Waals surface area contributed by atoms with E-state index in [1.54, 1.807) is 43.5 Å². The van der Waals surface area contributed by atoms with Gasteiger partial charge < -0.3 is 14.8 Å². The van der Waals surface area contributed by atoms with Crippen molar-refractivity contribution < 1.29 is 22.7 Å². The number of ether oxygens (including phenoxy) is 2. The van der Waals surface area contributed by atoms with Crippen LogP contribution in [-0.2, 0) is 21.3 Å². The van der Waals surface area contributed by atoms with Crippen LogP contribution >= 0.6 is 0 Å². The minimum absolute atomic E-state index is 0.194. The molecule has 27 heavy (non-hydrogen) atoms. The van der Waals surface area contributed by atoms with E-state index in [0.717, 1.165) is 5.56 Å². The molecule has 0 saturated carbocycles. The van der Waals surface area contributed by atoms with Crippen LogP contribution in [0.5, 0.6) is 5.75 Å². The molecule has 0 atom stereocenters. The monoisotopic (exact) mass is 392 g/mol. The van der Waals surface area contributed by atoms with E-state index in [-0.39, 0.29) is 17.3 Å². The number of nitrogens with zero attached hydrogens (tertiary/aromatic N) is 1. The van der Waals surface area contributed by atoms with Gasteiger partial charge in [-0.2, -0.15) is 4.31 Å². The molecule has 0 radical (unpaired) electrons. The Labute approximate surface area is 160 Å². The molecule has 2 aromatic carbocycles. The SMILES string of the molecule is COCCNC(=O)c1ccc(CN(C)S(=O)(=O)c2ccc(OC)cc2)cc1. The van der Waals surface area contributed by atoms with Gasteiger partial charge in [0.2, 0.25) is 10.0 Å². The molecule has 0 aliphatic carbocycles. The second-order valence-electron chi connectivity index (χ2n) is 5.88. The number of amides is 1. The molecule has 0 saturated heterocycles. The van der Waals surface area contributed by atoms with Crippen molar-refractivity contribution in [3.63, 3.8) is 0 Å². The van der Waals surface area contributed by atoms with Crippen LogP contribution in [0, 0.1) is 0 Å². The van der Waals surface area contributed by atoms with Crippen LogP contribution in [0.2, 0.25) is 0 Å². The normalized spacial score (nSPS) is 11.4. The number of hydrogen-bond donors (Lipinski definition) is 1. The summed E-state index contributed by atoms with van der Waals surface area (Å²) >= 11 is 0. The Kier molecular flexibility index (Phi) is 7.35. The van der Waals surface area contributed by atoms with Crippen LogP contribution in [0.15, 0.2) is 53.4 Å². The van der Waals surface area contributed by atoms with E-state index in [0.29, 0.717) is 24.5 Å². The summed E-state index contributed by atoms with van der Waals surface area (Å²) < 4.78 is 36.5. The van der Waals surface area contributed by atoms with Crippen molar-refractivity contribution >= 4 is 15.9 Å². The number of carbonyl (C=O) groups is 1. The molecule has 2 rings (SSSR count). The fourth-order valence-corrected chi connectivity index (χ4v) is 3.56. The van der Waals surface area contributed by atoms with Crippen molar-refractivity contribution in [1.82, 2.24) is 9.62 Å². The van der Waals surface area contributed by atoms with Gasteiger partial charge in [0.05, 0.1) is 18.6 Å². The van der Waals surface area contributed by atoms with Gasteiger partial charge in [0.1, 0.15) is 5.75 Å². The predicted molar refractivity (Wildman–Crippen MR) is 102 cm³/mol. The number of hydrogen-bond acceptors (Lipinski definition) is 5. The topological polar surface area (TPSA) is 84.9 Å². The van der Waals surface area contributed by atoms with Crippen LogP contribution in [0.3, 0.4) is 0 Å². The van der Waals surface area contributed by atoms with Gasteiger partial charge in [-0.15, -0.1) is 0 Å². The first-order valence-electron chi connectivity index (χ1n) is 8.35. The highest BCUT2D eigenvalue weighted by atomic mass is 32.2. The van der Waals surface area contributed by atoms with E-state index in [9.17, 15) is 13.2 Å². The second kappa shape index (κ2) is 9.50. The maximum Gasteiger partial charge on any atom is 0.251 e. The van der Waals surface area contributed by atoms with Crippen molar-refractivity contribution in [1.29, 1.82) is 0 Å². The van der Waals surface area contributed by atoms with Gasteiger partial charge in [0.15, 0.2) is 0 Å². The van der Waals surface area contributed by atoms with Crippen LogP contribution in [0.25, 0.3) is 0 Å². The van der Waals surface area contributed by atoms with Crippen LogP contribution < -0.4 is 10.1 Å². The molecule has 8 heteroatoms. The quantitative estimate of drug-likeness (QED) is 0.659. The van der Waals surface area contributed by atoms with Gasteiger partial charge >= 0.3 is 0 Å². The Morgan fingerprint density at radius 1 is 1.04 bits per heavy atom. The number of carbonyl (C=O) groups excluding carboxylic acids is 1. The van der Waals surface area contributed by atoms with E-state index in [2.05, 4.69) is 5.32 Å². The molecule has 0 aliphatic heterocycles. The van der Waals surface area contributed by atoms with E-state index >= 15 is 0 Å². The smallest absolute Gasteiger partial charge is 0.251 e. The van der Waals surface area contributed by atoms with Crippen molar-refractivity contribution in [3.05, 3.63) is 59.7 Å². The number of benzene rings is 2. The fourth-order valence-electron chi connectivity index (χ4n) is 2.40. The predicted octanol–water partition coefficient (Wildman–Crippen LogP) is 1.89. The Hall–Kier alpha value is -2.42. The molecule has 0 fully saturated rings. The van der Waals surface area contributed by atoms with Gasteiger partial charge in [0, 0.05) is 32.8 Å². The second-order valence-corrected chi connectivity index (χ2v) is 7.93. The van der Waals surface area contributed by atoms with Crippen molar-refractivity contribution in [3.8, 4) is 5.75 Å². The van der Waals surface area contributed by atoms with Gasteiger partial charge in [-0.3, -0.25) is 4.79 Å². The highest BCUT2D eigenvalue weighted by molar-refractivity contribution is 7.89. The maximum atomic E-state index is 12.7. The molecule has 0 heterocycles. The van der Waals surface area contributed by atoms with E-state index < -0.39 is 10.0 Å². The molecule has 1 N–H and O–H groups in total. The third kappa shape index (κ3) is 5.53. The van der Waals surface area contributed by atoms with E-state index in [4.69, 9.17) is 9.47 Å². The Morgan fingerprint density at radius 3 is 2.22 bits per heavy atom. The van der Waals surface area contributed by atoms with Crippen molar-refractivity contribution in [2.24, 2.45) is 0 Å². The number of sulfonamides is 1. The first-order chi connectivity index (χ1) is 12.9. The zero-order valence-corrected chi connectivity index (χ0v) is 16.5. The third-order valence-electron chi connectivity index (χ3n) is 3.98. The highest BCUT2D eigenvalue weighted by Gasteiger charge is 2.21. The summed E-state index contributed by atoms with van der Waals surface area (Å²) in [6.45, 7) is 1.07. The lowest BCUT2D eigenvalue weighted by atomic mass is 10.1.